The number of aldehydes is 1. The highest BCUT2D eigenvalue weighted by atomic mass is 32.1. The Morgan fingerprint density at radius 1 is 1.62 bits per heavy atom. The third-order valence-corrected chi connectivity index (χ3v) is 2.94. The zero-order valence-corrected chi connectivity index (χ0v) is 9.74. The second-order valence-corrected chi connectivity index (χ2v) is 4.08. The number of hydrogen-bond acceptors (Lipinski definition) is 4. The number of nitrogens with zero attached hydrogens (tertiary/aromatic N) is 2. The standard InChI is InChI=1S/C11H12N2O2S/c1-15-4-3-13-10(7-14)6-11(12-13)9-2-5-16-8-9/h2,5-8H,3-4H2,1H3. The summed E-state index contributed by atoms with van der Waals surface area (Å²) in [5.74, 6) is 0. The van der Waals surface area contributed by atoms with E-state index in [2.05, 4.69) is 5.10 Å². The fraction of sp³-hybridized carbons (Fsp3) is 0.273. The SMILES string of the molecule is COCCn1nc(-c2ccsc2)cc1C=O. The van der Waals surface area contributed by atoms with Crippen molar-refractivity contribution in [1.29, 1.82) is 0 Å². The third kappa shape index (κ3) is 2.20. The van der Waals surface area contributed by atoms with Crippen molar-refractivity contribution in [3.63, 3.8) is 0 Å². The molecule has 2 heterocycles. The molecule has 0 radical (unpaired) electrons. The van der Waals surface area contributed by atoms with Crippen molar-refractivity contribution < 1.29 is 9.53 Å². The first-order valence-corrected chi connectivity index (χ1v) is 5.84. The summed E-state index contributed by atoms with van der Waals surface area (Å²) in [6.07, 6.45) is 0.818. The molecule has 0 amide bonds. The normalized spacial score (nSPS) is 10.6. The van der Waals surface area contributed by atoms with Gasteiger partial charge in [0.05, 0.1) is 18.8 Å². The highest BCUT2D eigenvalue weighted by Crippen LogP contribution is 2.21. The minimum Gasteiger partial charge on any atom is -0.383 e. The van der Waals surface area contributed by atoms with Crippen LogP contribution in [0, 0.1) is 0 Å². The van der Waals surface area contributed by atoms with Crippen LogP contribution in [0.15, 0.2) is 22.9 Å². The highest BCUT2D eigenvalue weighted by molar-refractivity contribution is 7.08. The maximum Gasteiger partial charge on any atom is 0.168 e. The van der Waals surface area contributed by atoms with Crippen LogP contribution in [0.1, 0.15) is 10.5 Å². The number of ether oxygens (including phenoxy) is 1. The van der Waals surface area contributed by atoms with Gasteiger partial charge in [0, 0.05) is 18.1 Å². The monoisotopic (exact) mass is 236 g/mol. The second-order valence-electron chi connectivity index (χ2n) is 3.30. The minimum absolute atomic E-state index is 0.547. The fourth-order valence-corrected chi connectivity index (χ4v) is 2.08. The van der Waals surface area contributed by atoms with Gasteiger partial charge in [0.25, 0.3) is 0 Å². The number of methoxy groups -OCH3 is 1. The van der Waals surface area contributed by atoms with Crippen LogP contribution < -0.4 is 0 Å². The van der Waals surface area contributed by atoms with Gasteiger partial charge in [0.2, 0.25) is 0 Å². The van der Waals surface area contributed by atoms with Crippen LogP contribution in [0.3, 0.4) is 0 Å². The summed E-state index contributed by atoms with van der Waals surface area (Å²) in [5.41, 5.74) is 2.46. The lowest BCUT2D eigenvalue weighted by Gasteiger charge is -2.01. The lowest BCUT2D eigenvalue weighted by Crippen LogP contribution is -2.08. The summed E-state index contributed by atoms with van der Waals surface area (Å²) in [6, 6.07) is 3.78. The van der Waals surface area contributed by atoms with Gasteiger partial charge in [-0.1, -0.05) is 0 Å². The maximum atomic E-state index is 10.9. The Morgan fingerprint density at radius 3 is 3.12 bits per heavy atom. The van der Waals surface area contributed by atoms with Crippen molar-refractivity contribution in [1.82, 2.24) is 9.78 Å². The molecule has 84 valence electrons. The van der Waals surface area contributed by atoms with Gasteiger partial charge < -0.3 is 4.74 Å². The molecule has 16 heavy (non-hydrogen) atoms. The largest absolute Gasteiger partial charge is 0.383 e. The van der Waals surface area contributed by atoms with E-state index in [9.17, 15) is 4.79 Å². The Labute approximate surface area is 97.5 Å². The van der Waals surface area contributed by atoms with Crippen molar-refractivity contribution in [2.75, 3.05) is 13.7 Å². The van der Waals surface area contributed by atoms with Gasteiger partial charge in [-0.05, 0) is 17.5 Å². The zero-order valence-electron chi connectivity index (χ0n) is 8.92. The Morgan fingerprint density at radius 2 is 2.50 bits per heavy atom. The molecule has 4 nitrogen and oxygen atoms in total. The third-order valence-electron chi connectivity index (χ3n) is 2.26. The van der Waals surface area contributed by atoms with Crippen molar-refractivity contribution in [3.8, 4) is 11.3 Å². The lowest BCUT2D eigenvalue weighted by atomic mass is 10.2. The first-order chi connectivity index (χ1) is 7.85. The summed E-state index contributed by atoms with van der Waals surface area (Å²) >= 11 is 1.61. The van der Waals surface area contributed by atoms with Crippen LogP contribution in [-0.4, -0.2) is 29.8 Å². The molecule has 2 aromatic heterocycles. The molecule has 0 saturated carbocycles. The van der Waals surface area contributed by atoms with Gasteiger partial charge in [-0.3, -0.25) is 9.48 Å². The van der Waals surface area contributed by atoms with E-state index in [1.165, 1.54) is 0 Å². The predicted molar refractivity (Wildman–Crippen MR) is 62.8 cm³/mol. The van der Waals surface area contributed by atoms with Crippen molar-refractivity contribution in [2.45, 2.75) is 6.54 Å². The van der Waals surface area contributed by atoms with E-state index >= 15 is 0 Å². The molecule has 0 saturated heterocycles. The first kappa shape index (κ1) is 11.0. The molecule has 0 aromatic carbocycles. The van der Waals surface area contributed by atoms with Crippen LogP contribution in [0.4, 0.5) is 0 Å². The molecule has 2 aromatic rings. The number of aromatic nitrogens is 2. The van der Waals surface area contributed by atoms with E-state index in [1.54, 1.807) is 29.2 Å². The van der Waals surface area contributed by atoms with Gasteiger partial charge in [0.1, 0.15) is 5.69 Å². The quantitative estimate of drug-likeness (QED) is 0.746. The lowest BCUT2D eigenvalue weighted by molar-refractivity contribution is 0.111. The van der Waals surface area contributed by atoms with E-state index in [1.807, 2.05) is 16.8 Å². The van der Waals surface area contributed by atoms with E-state index in [4.69, 9.17) is 4.74 Å². The topological polar surface area (TPSA) is 44.1 Å². The fourth-order valence-electron chi connectivity index (χ4n) is 1.43. The molecule has 0 aliphatic rings. The number of hydrogen-bond donors (Lipinski definition) is 0. The molecule has 0 unspecified atom stereocenters. The summed E-state index contributed by atoms with van der Waals surface area (Å²) in [5, 5.41) is 8.37. The van der Waals surface area contributed by atoms with Gasteiger partial charge >= 0.3 is 0 Å². The van der Waals surface area contributed by atoms with Crippen LogP contribution >= 0.6 is 11.3 Å². The Bertz CT molecular complexity index is 462. The van der Waals surface area contributed by atoms with Crippen LogP contribution in [0.25, 0.3) is 11.3 Å². The van der Waals surface area contributed by atoms with Gasteiger partial charge in [-0.25, -0.2) is 0 Å². The Balaban J connectivity index is 2.28. The van der Waals surface area contributed by atoms with Crippen LogP contribution in [0.5, 0.6) is 0 Å². The molecule has 0 spiro atoms. The Hall–Kier alpha value is -1.46. The molecule has 0 bridgehead atoms. The van der Waals surface area contributed by atoms with Crippen molar-refractivity contribution in [3.05, 3.63) is 28.6 Å². The highest BCUT2D eigenvalue weighted by Gasteiger charge is 2.08. The zero-order chi connectivity index (χ0) is 11.4. The summed E-state index contributed by atoms with van der Waals surface area (Å²) < 4.78 is 6.64. The van der Waals surface area contributed by atoms with Crippen LogP contribution in [-0.2, 0) is 11.3 Å². The average Bonchev–Trinajstić information content (AvgIpc) is 2.94. The molecule has 0 aliphatic heterocycles. The molecular formula is C11H12N2O2S. The maximum absolute atomic E-state index is 10.9. The average molecular weight is 236 g/mol. The molecule has 2 rings (SSSR count). The predicted octanol–water partition coefficient (Wildman–Crippen LogP) is 2.07. The van der Waals surface area contributed by atoms with E-state index in [-0.39, 0.29) is 0 Å². The number of rotatable bonds is 5. The Kier molecular flexibility index (Phi) is 3.48. The van der Waals surface area contributed by atoms with E-state index < -0.39 is 0 Å². The summed E-state index contributed by atoms with van der Waals surface area (Å²) in [4.78, 5) is 10.9. The second kappa shape index (κ2) is 5.05. The van der Waals surface area contributed by atoms with E-state index in [0.717, 1.165) is 17.5 Å². The summed E-state index contributed by atoms with van der Waals surface area (Å²) in [6.45, 7) is 1.14. The number of carbonyl (C=O) groups excluding carboxylic acids is 1. The van der Waals surface area contributed by atoms with Crippen molar-refractivity contribution in [2.24, 2.45) is 0 Å². The number of carbonyl (C=O) groups is 1. The summed E-state index contributed by atoms with van der Waals surface area (Å²) in [7, 11) is 1.63. The molecular weight excluding hydrogens is 224 g/mol. The molecule has 0 fully saturated rings. The smallest absolute Gasteiger partial charge is 0.168 e. The van der Waals surface area contributed by atoms with Gasteiger partial charge in [-0.2, -0.15) is 16.4 Å². The van der Waals surface area contributed by atoms with E-state index in [0.29, 0.717) is 18.8 Å². The van der Waals surface area contributed by atoms with Crippen LogP contribution in [0.2, 0.25) is 0 Å². The van der Waals surface area contributed by atoms with Gasteiger partial charge in [-0.15, -0.1) is 0 Å². The van der Waals surface area contributed by atoms with Crippen molar-refractivity contribution >= 4 is 17.6 Å². The molecule has 5 heteroatoms. The number of thiophene rings is 1. The molecule has 0 N–H and O–H groups in total. The molecule has 0 aliphatic carbocycles. The first-order valence-electron chi connectivity index (χ1n) is 4.89. The van der Waals surface area contributed by atoms with Gasteiger partial charge in [0.15, 0.2) is 6.29 Å². The molecule has 0 atom stereocenters. The minimum atomic E-state index is 0.547.